The van der Waals surface area contributed by atoms with E-state index in [1.807, 2.05) is 32.0 Å². The summed E-state index contributed by atoms with van der Waals surface area (Å²) >= 11 is 0. The second kappa shape index (κ2) is 15.4. The Morgan fingerprint density at radius 2 is 1.79 bits per heavy atom. The third-order valence-corrected chi connectivity index (χ3v) is 6.22. The van der Waals surface area contributed by atoms with Gasteiger partial charge in [-0.1, -0.05) is 38.9 Å². The zero-order valence-electron chi connectivity index (χ0n) is 21.3. The smallest absolute Gasteiger partial charge is 0.306 e. The molecule has 34 heavy (non-hydrogen) atoms. The zero-order valence-corrected chi connectivity index (χ0v) is 21.3. The molecule has 0 saturated heterocycles. The van der Waals surface area contributed by atoms with Gasteiger partial charge in [0.1, 0.15) is 0 Å². The minimum absolute atomic E-state index is 0.0451. The molecular weight excluding hydrogens is 438 g/mol. The number of methoxy groups -OCH3 is 2. The molecule has 192 valence electrons. The fraction of sp³-hybridized carbons (Fsp3) is 0.720. The van der Waals surface area contributed by atoms with E-state index in [0.717, 1.165) is 12.0 Å². The average molecular weight is 480 g/mol. The number of carboxylic acids is 1. The first-order chi connectivity index (χ1) is 16.1. The first-order valence-electron chi connectivity index (χ1n) is 11.9. The Kier molecular flexibility index (Phi) is 13.4. The van der Waals surface area contributed by atoms with Crippen LogP contribution >= 0.6 is 0 Å². The van der Waals surface area contributed by atoms with Crippen LogP contribution in [0.1, 0.15) is 52.5 Å². The molecule has 0 aliphatic rings. The molecule has 9 heteroatoms. The quantitative estimate of drug-likeness (QED) is 0.138. The summed E-state index contributed by atoms with van der Waals surface area (Å²) in [6, 6.07) is 5.10. The Morgan fingerprint density at radius 3 is 2.32 bits per heavy atom. The van der Waals surface area contributed by atoms with Crippen molar-refractivity contribution in [2.75, 3.05) is 27.4 Å². The molecule has 0 aliphatic carbocycles. The van der Waals surface area contributed by atoms with Crippen molar-refractivity contribution in [1.29, 1.82) is 0 Å². The summed E-state index contributed by atoms with van der Waals surface area (Å²) in [5, 5.41) is 24.1. The number of azide groups is 1. The van der Waals surface area contributed by atoms with E-state index in [0.29, 0.717) is 37.6 Å². The lowest BCUT2D eigenvalue weighted by molar-refractivity contribution is -0.144. The molecule has 0 aromatic heterocycles. The molecule has 0 heterocycles. The van der Waals surface area contributed by atoms with Crippen molar-refractivity contribution in [3.63, 3.8) is 0 Å². The van der Waals surface area contributed by atoms with E-state index < -0.39 is 24.0 Å². The van der Waals surface area contributed by atoms with Gasteiger partial charge in [-0.25, -0.2) is 0 Å². The first-order valence-corrected chi connectivity index (χ1v) is 11.9. The van der Waals surface area contributed by atoms with Crippen LogP contribution in [-0.4, -0.2) is 55.8 Å². The van der Waals surface area contributed by atoms with Crippen LogP contribution in [0, 0.1) is 23.7 Å². The third-order valence-electron chi connectivity index (χ3n) is 6.22. The normalized spacial score (nSPS) is 14.9. The standard InChI is InChI=1S/C25H41N3O6/c1-16(2)19(14-21(27-28-26)22(29)15-20(17(3)4)25(30)31)12-18-8-9-23(33-6)24(13-18)34-11-7-10-32-5/h8-9,13,16-17,19-22,29H,7,10-12,14-15H2,1-6H3,(H,30,31)/t19-,20-,21-,22-/m0/s1. The molecule has 0 fully saturated rings. The van der Waals surface area contributed by atoms with Gasteiger partial charge in [0.15, 0.2) is 11.5 Å². The number of aliphatic carboxylic acids is 1. The molecule has 1 aromatic carbocycles. The van der Waals surface area contributed by atoms with Crippen LogP contribution in [-0.2, 0) is 16.0 Å². The lowest BCUT2D eigenvalue weighted by Gasteiger charge is -2.29. The van der Waals surface area contributed by atoms with E-state index in [4.69, 9.17) is 19.7 Å². The van der Waals surface area contributed by atoms with Gasteiger partial charge in [-0.05, 0) is 60.2 Å². The molecule has 0 amide bonds. The summed E-state index contributed by atoms with van der Waals surface area (Å²) in [7, 11) is 3.25. The van der Waals surface area contributed by atoms with Crippen LogP contribution in [0.15, 0.2) is 23.3 Å². The number of hydrogen-bond acceptors (Lipinski definition) is 6. The number of carbonyl (C=O) groups is 1. The molecule has 2 N–H and O–H groups in total. The van der Waals surface area contributed by atoms with Gasteiger partial charge in [0.05, 0.1) is 31.8 Å². The zero-order chi connectivity index (χ0) is 25.7. The van der Waals surface area contributed by atoms with Crippen molar-refractivity contribution in [2.45, 2.75) is 65.5 Å². The van der Waals surface area contributed by atoms with Crippen molar-refractivity contribution in [2.24, 2.45) is 28.8 Å². The van der Waals surface area contributed by atoms with E-state index in [9.17, 15) is 15.0 Å². The van der Waals surface area contributed by atoms with Crippen molar-refractivity contribution in [1.82, 2.24) is 0 Å². The van der Waals surface area contributed by atoms with Crippen molar-refractivity contribution >= 4 is 5.97 Å². The van der Waals surface area contributed by atoms with Gasteiger partial charge in [0.2, 0.25) is 0 Å². The minimum Gasteiger partial charge on any atom is -0.493 e. The maximum absolute atomic E-state index is 11.6. The van der Waals surface area contributed by atoms with Crippen molar-refractivity contribution in [3.8, 4) is 11.5 Å². The summed E-state index contributed by atoms with van der Waals surface area (Å²) < 4.78 is 16.4. The van der Waals surface area contributed by atoms with Crippen LogP contribution in [0.25, 0.3) is 10.4 Å². The molecule has 4 atom stereocenters. The van der Waals surface area contributed by atoms with Crippen LogP contribution < -0.4 is 9.47 Å². The topological polar surface area (TPSA) is 134 Å². The van der Waals surface area contributed by atoms with E-state index in [2.05, 4.69) is 23.9 Å². The van der Waals surface area contributed by atoms with Gasteiger partial charge in [0.25, 0.3) is 0 Å². The molecule has 0 spiro atoms. The lowest BCUT2D eigenvalue weighted by atomic mass is 9.81. The fourth-order valence-electron chi connectivity index (χ4n) is 3.97. The second-order valence-corrected chi connectivity index (χ2v) is 9.39. The molecule has 0 bridgehead atoms. The Hall–Kier alpha value is -2.48. The van der Waals surface area contributed by atoms with E-state index >= 15 is 0 Å². The van der Waals surface area contributed by atoms with Crippen LogP contribution in [0.5, 0.6) is 11.5 Å². The van der Waals surface area contributed by atoms with Gasteiger partial charge in [-0.2, -0.15) is 0 Å². The highest BCUT2D eigenvalue weighted by Gasteiger charge is 2.30. The minimum atomic E-state index is -1.03. The number of benzene rings is 1. The molecule has 9 nitrogen and oxygen atoms in total. The summed E-state index contributed by atoms with van der Waals surface area (Å²) in [5.41, 5.74) is 10.1. The molecule has 0 saturated carbocycles. The number of ether oxygens (including phenoxy) is 3. The summed E-state index contributed by atoms with van der Waals surface area (Å²) in [5.74, 6) is -0.140. The Balaban J connectivity index is 3.01. The van der Waals surface area contributed by atoms with Gasteiger partial charge in [-0.3, -0.25) is 4.79 Å². The lowest BCUT2D eigenvalue weighted by Crippen LogP contribution is -2.34. The van der Waals surface area contributed by atoms with Gasteiger partial charge in [-0.15, -0.1) is 0 Å². The Labute approximate surface area is 203 Å². The number of hydrogen-bond donors (Lipinski definition) is 2. The molecule has 1 aromatic rings. The second-order valence-electron chi connectivity index (χ2n) is 9.39. The van der Waals surface area contributed by atoms with Crippen LogP contribution in [0.2, 0.25) is 0 Å². The molecule has 0 aliphatic heterocycles. The highest BCUT2D eigenvalue weighted by atomic mass is 16.5. The summed E-state index contributed by atoms with van der Waals surface area (Å²) in [6.07, 6.45) is 0.911. The third kappa shape index (κ3) is 9.79. The Bertz CT molecular complexity index is 795. The highest BCUT2D eigenvalue weighted by Crippen LogP contribution is 2.32. The van der Waals surface area contributed by atoms with Gasteiger partial charge < -0.3 is 24.4 Å². The number of aliphatic hydroxyl groups excluding tert-OH is 1. The van der Waals surface area contributed by atoms with Crippen molar-refractivity contribution in [3.05, 3.63) is 34.2 Å². The number of nitrogens with zero attached hydrogens (tertiary/aromatic N) is 3. The van der Waals surface area contributed by atoms with Crippen LogP contribution in [0.3, 0.4) is 0 Å². The maximum atomic E-state index is 11.6. The van der Waals surface area contributed by atoms with Gasteiger partial charge >= 0.3 is 5.97 Å². The number of rotatable bonds is 17. The predicted octanol–water partition coefficient (Wildman–Crippen LogP) is 5.10. The van der Waals surface area contributed by atoms with Gasteiger partial charge in [0, 0.05) is 25.0 Å². The van der Waals surface area contributed by atoms with E-state index in [1.165, 1.54) is 0 Å². The summed E-state index contributed by atoms with van der Waals surface area (Å²) in [4.78, 5) is 14.5. The largest absolute Gasteiger partial charge is 0.493 e. The molecule has 0 unspecified atom stereocenters. The molecule has 0 radical (unpaired) electrons. The van der Waals surface area contributed by atoms with E-state index in [1.54, 1.807) is 14.2 Å². The monoisotopic (exact) mass is 479 g/mol. The molecule has 1 rings (SSSR count). The SMILES string of the molecule is COCCCOc1cc(C[C@@H](C[C@H](N=[N+]=[N-])[C@@H](O)C[C@H](C(=O)O)C(C)C)C(C)C)ccc1OC. The molecular formula is C25H41N3O6. The van der Waals surface area contributed by atoms with Crippen molar-refractivity contribution < 1.29 is 29.2 Å². The van der Waals surface area contributed by atoms with E-state index in [-0.39, 0.29) is 24.2 Å². The average Bonchev–Trinajstić information content (AvgIpc) is 2.78. The first kappa shape index (κ1) is 29.6. The predicted molar refractivity (Wildman–Crippen MR) is 131 cm³/mol. The Morgan fingerprint density at radius 1 is 1.09 bits per heavy atom. The fourth-order valence-corrected chi connectivity index (χ4v) is 3.97. The highest BCUT2D eigenvalue weighted by molar-refractivity contribution is 5.70. The number of aliphatic hydroxyl groups is 1. The maximum Gasteiger partial charge on any atom is 0.306 e. The van der Waals surface area contributed by atoms with Crippen LogP contribution in [0.4, 0.5) is 0 Å². The number of carboxylic acid groups (broad SMARTS) is 1. The summed E-state index contributed by atoms with van der Waals surface area (Å²) in [6.45, 7) is 8.91.